The van der Waals surface area contributed by atoms with Gasteiger partial charge < -0.3 is 15.0 Å². The summed E-state index contributed by atoms with van der Waals surface area (Å²) < 4.78 is 6.05. The maximum absolute atomic E-state index is 12.1. The number of carbonyl (C=O) groups excluding carboxylic acids is 1. The van der Waals surface area contributed by atoms with Crippen LogP contribution < -0.4 is 5.32 Å². The molecule has 102 valence electrons. The first kappa shape index (κ1) is 12.4. The number of nitrogens with one attached hydrogen (secondary N) is 1. The van der Waals surface area contributed by atoms with E-state index in [-0.39, 0.29) is 5.60 Å². The van der Waals surface area contributed by atoms with Crippen LogP contribution in [-0.4, -0.2) is 49.2 Å². The first-order valence-corrected chi connectivity index (χ1v) is 7.40. The van der Waals surface area contributed by atoms with Gasteiger partial charge in [-0.15, -0.1) is 0 Å². The van der Waals surface area contributed by atoms with Crippen LogP contribution in [0.1, 0.15) is 38.5 Å². The maximum atomic E-state index is 12.1. The fourth-order valence-corrected chi connectivity index (χ4v) is 3.64. The molecule has 0 radical (unpaired) electrons. The van der Waals surface area contributed by atoms with Gasteiger partial charge in [-0.1, -0.05) is 0 Å². The van der Waals surface area contributed by atoms with Crippen LogP contribution in [0.3, 0.4) is 0 Å². The van der Waals surface area contributed by atoms with Crippen molar-refractivity contribution in [3.05, 3.63) is 0 Å². The molecule has 1 atom stereocenters. The van der Waals surface area contributed by atoms with Crippen LogP contribution in [0.5, 0.6) is 0 Å². The van der Waals surface area contributed by atoms with Crippen LogP contribution in [0.4, 0.5) is 0 Å². The smallest absolute Gasteiger partial charge is 0.222 e. The van der Waals surface area contributed by atoms with E-state index >= 15 is 0 Å². The SMILES string of the molecule is O=C(CC1COC2(CCNCC2)C1)N1CCCC1. The molecule has 3 fully saturated rings. The summed E-state index contributed by atoms with van der Waals surface area (Å²) in [7, 11) is 0. The highest BCUT2D eigenvalue weighted by molar-refractivity contribution is 5.76. The molecule has 3 aliphatic heterocycles. The number of piperidine rings is 1. The number of likely N-dealkylation sites (tertiary alicyclic amines) is 1. The highest BCUT2D eigenvalue weighted by Crippen LogP contribution is 2.38. The Morgan fingerprint density at radius 2 is 2.00 bits per heavy atom. The number of ether oxygens (including phenoxy) is 1. The zero-order chi connectivity index (χ0) is 12.4. The van der Waals surface area contributed by atoms with Crippen molar-refractivity contribution in [2.45, 2.75) is 44.1 Å². The average molecular weight is 252 g/mol. The van der Waals surface area contributed by atoms with Gasteiger partial charge in [0.2, 0.25) is 5.91 Å². The quantitative estimate of drug-likeness (QED) is 0.802. The summed E-state index contributed by atoms with van der Waals surface area (Å²) in [6.45, 7) is 4.86. The number of hydrogen-bond donors (Lipinski definition) is 1. The predicted octanol–water partition coefficient (Wildman–Crippen LogP) is 1.16. The molecule has 0 saturated carbocycles. The number of carbonyl (C=O) groups is 1. The van der Waals surface area contributed by atoms with Gasteiger partial charge in [0, 0.05) is 19.5 Å². The van der Waals surface area contributed by atoms with Crippen molar-refractivity contribution in [1.82, 2.24) is 10.2 Å². The van der Waals surface area contributed by atoms with Gasteiger partial charge in [-0.05, 0) is 51.1 Å². The lowest BCUT2D eigenvalue weighted by molar-refractivity contribution is -0.131. The topological polar surface area (TPSA) is 41.6 Å². The highest BCUT2D eigenvalue weighted by Gasteiger charge is 2.41. The molecule has 1 spiro atoms. The van der Waals surface area contributed by atoms with Gasteiger partial charge in [-0.2, -0.15) is 0 Å². The lowest BCUT2D eigenvalue weighted by atomic mass is 9.85. The summed E-state index contributed by atoms with van der Waals surface area (Å²) in [6.07, 6.45) is 6.39. The summed E-state index contributed by atoms with van der Waals surface area (Å²) in [6, 6.07) is 0. The molecule has 1 amide bonds. The van der Waals surface area contributed by atoms with E-state index in [2.05, 4.69) is 5.32 Å². The van der Waals surface area contributed by atoms with Crippen LogP contribution in [0, 0.1) is 5.92 Å². The van der Waals surface area contributed by atoms with Gasteiger partial charge in [-0.25, -0.2) is 0 Å². The molecule has 3 aliphatic rings. The van der Waals surface area contributed by atoms with Crippen LogP contribution >= 0.6 is 0 Å². The molecular weight excluding hydrogens is 228 g/mol. The summed E-state index contributed by atoms with van der Waals surface area (Å²) in [4.78, 5) is 14.2. The minimum Gasteiger partial charge on any atom is -0.375 e. The monoisotopic (exact) mass is 252 g/mol. The molecular formula is C14H24N2O2. The summed E-state index contributed by atoms with van der Waals surface area (Å²) in [5.74, 6) is 0.809. The Bertz CT molecular complexity index is 307. The van der Waals surface area contributed by atoms with E-state index in [0.29, 0.717) is 18.2 Å². The molecule has 0 aromatic heterocycles. The molecule has 3 heterocycles. The molecule has 4 heteroatoms. The van der Waals surface area contributed by atoms with Crippen LogP contribution in [0.25, 0.3) is 0 Å². The molecule has 1 unspecified atom stereocenters. The molecule has 0 aromatic rings. The van der Waals surface area contributed by atoms with Gasteiger partial charge in [0.25, 0.3) is 0 Å². The molecule has 1 N–H and O–H groups in total. The molecule has 0 aromatic carbocycles. The molecule has 0 aliphatic carbocycles. The van der Waals surface area contributed by atoms with Crippen LogP contribution in [-0.2, 0) is 9.53 Å². The van der Waals surface area contributed by atoms with Gasteiger partial charge >= 0.3 is 0 Å². The Balaban J connectivity index is 1.51. The zero-order valence-electron chi connectivity index (χ0n) is 11.1. The van der Waals surface area contributed by atoms with Crippen LogP contribution in [0.15, 0.2) is 0 Å². The Morgan fingerprint density at radius 3 is 2.72 bits per heavy atom. The Morgan fingerprint density at radius 1 is 1.28 bits per heavy atom. The zero-order valence-corrected chi connectivity index (χ0v) is 11.1. The predicted molar refractivity (Wildman–Crippen MR) is 69.3 cm³/mol. The molecule has 18 heavy (non-hydrogen) atoms. The highest BCUT2D eigenvalue weighted by atomic mass is 16.5. The lowest BCUT2D eigenvalue weighted by Crippen LogP contribution is -2.41. The Kier molecular flexibility index (Phi) is 3.57. The van der Waals surface area contributed by atoms with E-state index in [4.69, 9.17) is 4.74 Å². The van der Waals surface area contributed by atoms with E-state index in [1.165, 1.54) is 12.8 Å². The van der Waals surface area contributed by atoms with E-state index in [0.717, 1.165) is 52.0 Å². The first-order valence-electron chi connectivity index (χ1n) is 7.40. The van der Waals surface area contributed by atoms with Gasteiger partial charge in [0.1, 0.15) is 0 Å². The standard InChI is InChI=1S/C14H24N2O2/c17-13(16-7-1-2-8-16)9-12-10-14(18-11-12)3-5-15-6-4-14/h12,15H,1-11H2. The molecule has 0 bridgehead atoms. The largest absolute Gasteiger partial charge is 0.375 e. The minimum atomic E-state index is 0.0984. The average Bonchev–Trinajstić information content (AvgIpc) is 3.01. The summed E-state index contributed by atoms with van der Waals surface area (Å²) >= 11 is 0. The van der Waals surface area contributed by atoms with Crippen molar-refractivity contribution < 1.29 is 9.53 Å². The van der Waals surface area contributed by atoms with Gasteiger partial charge in [-0.3, -0.25) is 4.79 Å². The number of hydrogen-bond acceptors (Lipinski definition) is 3. The van der Waals surface area contributed by atoms with Crippen molar-refractivity contribution >= 4 is 5.91 Å². The summed E-state index contributed by atoms with van der Waals surface area (Å²) in [5.41, 5.74) is 0.0984. The van der Waals surface area contributed by atoms with E-state index in [1.807, 2.05) is 4.90 Å². The third kappa shape index (κ3) is 2.54. The van der Waals surface area contributed by atoms with Gasteiger partial charge in [0.15, 0.2) is 0 Å². The molecule has 3 rings (SSSR count). The third-order valence-corrected chi connectivity index (χ3v) is 4.72. The van der Waals surface area contributed by atoms with Gasteiger partial charge in [0.05, 0.1) is 12.2 Å². The third-order valence-electron chi connectivity index (χ3n) is 4.72. The summed E-state index contributed by atoms with van der Waals surface area (Å²) in [5, 5.41) is 3.38. The number of amides is 1. The van der Waals surface area contributed by atoms with Crippen molar-refractivity contribution in [2.75, 3.05) is 32.8 Å². The lowest BCUT2D eigenvalue weighted by Gasteiger charge is -2.33. The minimum absolute atomic E-state index is 0.0984. The number of rotatable bonds is 2. The van der Waals surface area contributed by atoms with Crippen molar-refractivity contribution in [3.63, 3.8) is 0 Å². The van der Waals surface area contributed by atoms with E-state index in [9.17, 15) is 4.79 Å². The second-order valence-electron chi connectivity index (χ2n) is 6.11. The van der Waals surface area contributed by atoms with E-state index < -0.39 is 0 Å². The van der Waals surface area contributed by atoms with Crippen LogP contribution in [0.2, 0.25) is 0 Å². The fraction of sp³-hybridized carbons (Fsp3) is 0.929. The Hall–Kier alpha value is -0.610. The van der Waals surface area contributed by atoms with Crippen molar-refractivity contribution in [3.8, 4) is 0 Å². The second-order valence-corrected chi connectivity index (χ2v) is 6.11. The fourth-order valence-electron chi connectivity index (χ4n) is 3.64. The maximum Gasteiger partial charge on any atom is 0.222 e. The van der Waals surface area contributed by atoms with Crippen molar-refractivity contribution in [1.29, 1.82) is 0 Å². The molecule has 4 nitrogen and oxygen atoms in total. The second kappa shape index (κ2) is 5.17. The first-order chi connectivity index (χ1) is 8.77. The number of nitrogens with zero attached hydrogens (tertiary/aromatic N) is 1. The van der Waals surface area contributed by atoms with Crippen molar-refractivity contribution in [2.24, 2.45) is 5.92 Å². The normalized spacial score (nSPS) is 31.1. The molecule has 3 saturated heterocycles. The van der Waals surface area contributed by atoms with E-state index in [1.54, 1.807) is 0 Å². The Labute approximate surface area is 109 Å².